The Morgan fingerprint density at radius 3 is 1.97 bits per heavy atom. The molecule has 0 fully saturated rings. The van der Waals surface area contributed by atoms with Gasteiger partial charge in [0.1, 0.15) is 0 Å². The molecule has 1 heteroatoms. The molecule has 32 heavy (non-hydrogen) atoms. The van der Waals surface area contributed by atoms with Crippen molar-refractivity contribution in [2.75, 3.05) is 0 Å². The summed E-state index contributed by atoms with van der Waals surface area (Å²) in [6.45, 7) is 2.26. The molecule has 150 valence electrons. The van der Waals surface area contributed by atoms with Gasteiger partial charge in [-0.3, -0.25) is 0 Å². The van der Waals surface area contributed by atoms with Crippen LogP contribution in [0.1, 0.15) is 5.56 Å². The molecule has 0 saturated heterocycles. The SMILES string of the molecule is Cc1cc2c3ccccc3c3cc(-c4ccccc4)ccc3c2c2sc3ccccc3c12. The van der Waals surface area contributed by atoms with Gasteiger partial charge in [-0.2, -0.15) is 0 Å². The Labute approximate surface area is 190 Å². The van der Waals surface area contributed by atoms with Crippen LogP contribution in [0, 0.1) is 6.92 Å². The van der Waals surface area contributed by atoms with Gasteiger partial charge in [0.25, 0.3) is 0 Å². The van der Waals surface area contributed by atoms with E-state index in [1.807, 2.05) is 11.3 Å². The summed E-state index contributed by atoms with van der Waals surface area (Å²) >= 11 is 1.93. The quantitative estimate of drug-likeness (QED) is 0.230. The molecule has 6 aromatic carbocycles. The van der Waals surface area contributed by atoms with E-state index in [9.17, 15) is 0 Å². The number of fused-ring (bicyclic) bond motifs is 10. The van der Waals surface area contributed by atoms with Gasteiger partial charge >= 0.3 is 0 Å². The van der Waals surface area contributed by atoms with Crippen LogP contribution < -0.4 is 0 Å². The van der Waals surface area contributed by atoms with Gasteiger partial charge in [-0.15, -0.1) is 11.3 Å². The maximum atomic E-state index is 2.41. The maximum absolute atomic E-state index is 2.41. The lowest BCUT2D eigenvalue weighted by molar-refractivity contribution is 1.58. The smallest absolute Gasteiger partial charge is 0.0442 e. The summed E-state index contributed by atoms with van der Waals surface area (Å²) in [5.41, 5.74) is 3.88. The molecule has 0 bridgehead atoms. The summed E-state index contributed by atoms with van der Waals surface area (Å²) in [5.74, 6) is 0. The van der Waals surface area contributed by atoms with Crippen LogP contribution in [0.3, 0.4) is 0 Å². The Morgan fingerprint density at radius 2 is 1.16 bits per heavy atom. The maximum Gasteiger partial charge on any atom is 0.0442 e. The number of hydrogen-bond acceptors (Lipinski definition) is 1. The molecule has 0 aliphatic rings. The zero-order chi connectivity index (χ0) is 21.2. The molecule has 1 aromatic heterocycles. The van der Waals surface area contributed by atoms with E-state index in [-0.39, 0.29) is 0 Å². The molecule has 7 rings (SSSR count). The van der Waals surface area contributed by atoms with Gasteiger partial charge in [-0.25, -0.2) is 0 Å². The standard InChI is InChI=1S/C31H20S/c1-19-17-27-23-12-6-5-11-22(23)26-18-21(20-9-3-2-4-10-20)15-16-24(26)30(27)31-29(19)25-13-7-8-14-28(25)32-31/h2-18H,1H3. The van der Waals surface area contributed by atoms with Crippen LogP contribution >= 0.6 is 11.3 Å². The van der Waals surface area contributed by atoms with E-state index in [1.165, 1.54) is 69.2 Å². The van der Waals surface area contributed by atoms with E-state index in [0.29, 0.717) is 0 Å². The van der Waals surface area contributed by atoms with Crippen molar-refractivity contribution in [2.24, 2.45) is 0 Å². The van der Waals surface area contributed by atoms with E-state index in [0.717, 1.165) is 0 Å². The number of thiophene rings is 1. The topological polar surface area (TPSA) is 0 Å². The number of hydrogen-bond donors (Lipinski definition) is 0. The van der Waals surface area contributed by atoms with E-state index in [4.69, 9.17) is 0 Å². The van der Waals surface area contributed by atoms with Crippen molar-refractivity contribution in [2.45, 2.75) is 6.92 Å². The van der Waals surface area contributed by atoms with E-state index < -0.39 is 0 Å². The highest BCUT2D eigenvalue weighted by atomic mass is 32.1. The third-order valence-corrected chi connectivity index (χ3v) is 7.94. The Morgan fingerprint density at radius 1 is 0.469 bits per heavy atom. The second-order valence-corrected chi connectivity index (χ2v) is 9.64. The van der Waals surface area contributed by atoms with Crippen LogP contribution in [0.4, 0.5) is 0 Å². The average Bonchev–Trinajstić information content (AvgIpc) is 3.25. The number of aryl methyl sites for hydroxylation is 1. The Bertz CT molecular complexity index is 1820. The van der Waals surface area contributed by atoms with Gasteiger partial charge in [-0.05, 0) is 62.7 Å². The molecular weight excluding hydrogens is 404 g/mol. The van der Waals surface area contributed by atoms with E-state index in [2.05, 4.69) is 110 Å². The number of benzene rings is 6. The molecule has 0 aliphatic carbocycles. The lowest BCUT2D eigenvalue weighted by Gasteiger charge is -2.14. The first-order valence-corrected chi connectivity index (χ1v) is 11.9. The van der Waals surface area contributed by atoms with Crippen molar-refractivity contribution >= 4 is 63.8 Å². The molecule has 0 spiro atoms. The largest absolute Gasteiger partial charge is 0.134 e. The van der Waals surface area contributed by atoms with Crippen LogP contribution in [0.5, 0.6) is 0 Å². The van der Waals surface area contributed by atoms with Gasteiger partial charge in [-0.1, -0.05) is 91.0 Å². The zero-order valence-corrected chi connectivity index (χ0v) is 18.5. The summed E-state index contributed by atoms with van der Waals surface area (Å²) in [4.78, 5) is 0. The van der Waals surface area contributed by atoms with Crippen LogP contribution in [-0.2, 0) is 0 Å². The Hall–Kier alpha value is -3.68. The fourth-order valence-electron chi connectivity index (χ4n) is 5.32. The lowest BCUT2D eigenvalue weighted by atomic mass is 9.90. The highest BCUT2D eigenvalue weighted by Gasteiger charge is 2.16. The molecular formula is C31H20S. The van der Waals surface area contributed by atoms with Gasteiger partial charge in [0.05, 0.1) is 0 Å². The minimum atomic E-state index is 1.26. The molecule has 0 atom stereocenters. The molecule has 0 radical (unpaired) electrons. The first-order valence-electron chi connectivity index (χ1n) is 11.0. The van der Waals surface area contributed by atoms with Crippen molar-refractivity contribution in [1.29, 1.82) is 0 Å². The molecule has 0 amide bonds. The first kappa shape index (κ1) is 17.9. The fraction of sp³-hybridized carbons (Fsp3) is 0.0323. The summed E-state index contributed by atoms with van der Waals surface area (Å²) in [7, 11) is 0. The van der Waals surface area contributed by atoms with Crippen LogP contribution in [0.2, 0.25) is 0 Å². The third kappa shape index (κ3) is 2.43. The monoisotopic (exact) mass is 424 g/mol. The predicted molar refractivity (Wildman–Crippen MR) is 142 cm³/mol. The third-order valence-electron chi connectivity index (χ3n) is 6.75. The Balaban J connectivity index is 1.74. The molecule has 0 nitrogen and oxygen atoms in total. The van der Waals surface area contributed by atoms with Crippen molar-refractivity contribution in [3.05, 3.63) is 109 Å². The highest BCUT2D eigenvalue weighted by molar-refractivity contribution is 7.26. The predicted octanol–water partition coefficient (Wildman–Crippen LogP) is 9.49. The lowest BCUT2D eigenvalue weighted by Crippen LogP contribution is -1.87. The van der Waals surface area contributed by atoms with Crippen molar-refractivity contribution in [3.63, 3.8) is 0 Å². The first-order chi connectivity index (χ1) is 15.8. The van der Waals surface area contributed by atoms with Crippen LogP contribution in [-0.4, -0.2) is 0 Å². The van der Waals surface area contributed by atoms with Gasteiger partial charge in [0.15, 0.2) is 0 Å². The number of rotatable bonds is 1. The molecule has 1 heterocycles. The molecule has 0 aliphatic heterocycles. The summed E-state index contributed by atoms with van der Waals surface area (Å²) in [6.07, 6.45) is 0. The van der Waals surface area contributed by atoms with Crippen LogP contribution in [0.15, 0.2) is 103 Å². The average molecular weight is 425 g/mol. The van der Waals surface area contributed by atoms with Crippen molar-refractivity contribution in [1.82, 2.24) is 0 Å². The van der Waals surface area contributed by atoms with Gasteiger partial charge < -0.3 is 0 Å². The molecule has 0 saturated carbocycles. The fourth-order valence-corrected chi connectivity index (χ4v) is 6.67. The Kier molecular flexibility index (Phi) is 3.73. The van der Waals surface area contributed by atoms with E-state index in [1.54, 1.807) is 0 Å². The minimum Gasteiger partial charge on any atom is -0.134 e. The summed E-state index contributed by atoms with van der Waals surface area (Å²) in [5, 5.41) is 10.9. The molecule has 0 unspecified atom stereocenters. The zero-order valence-electron chi connectivity index (χ0n) is 17.7. The summed E-state index contributed by atoms with van der Waals surface area (Å²) < 4.78 is 2.77. The second-order valence-electron chi connectivity index (χ2n) is 8.59. The van der Waals surface area contributed by atoms with Gasteiger partial charge in [0.2, 0.25) is 0 Å². The minimum absolute atomic E-state index is 1.26. The molecule has 0 N–H and O–H groups in total. The van der Waals surface area contributed by atoms with Crippen molar-refractivity contribution in [3.8, 4) is 11.1 Å². The van der Waals surface area contributed by atoms with Crippen LogP contribution in [0.25, 0.3) is 63.6 Å². The summed E-state index contributed by atoms with van der Waals surface area (Å²) in [6, 6.07) is 37.8. The van der Waals surface area contributed by atoms with E-state index >= 15 is 0 Å². The van der Waals surface area contributed by atoms with Crippen molar-refractivity contribution < 1.29 is 0 Å². The van der Waals surface area contributed by atoms with Gasteiger partial charge in [0, 0.05) is 25.6 Å². The molecule has 7 aromatic rings. The highest BCUT2D eigenvalue weighted by Crippen LogP contribution is 2.46. The normalized spacial score (nSPS) is 11.9. The second kappa shape index (κ2) is 6.66.